The third-order valence-electron chi connectivity index (χ3n) is 5.17. The van der Waals surface area contributed by atoms with E-state index in [2.05, 4.69) is 5.32 Å². The Bertz CT molecular complexity index is 1040. The third-order valence-corrected chi connectivity index (χ3v) is 7.82. The van der Waals surface area contributed by atoms with E-state index >= 15 is 0 Å². The van der Waals surface area contributed by atoms with E-state index in [9.17, 15) is 18.0 Å². The van der Waals surface area contributed by atoms with Gasteiger partial charge in [-0.15, -0.1) is 0 Å². The van der Waals surface area contributed by atoms with Gasteiger partial charge in [-0.2, -0.15) is 0 Å². The van der Waals surface area contributed by atoms with E-state index in [0.29, 0.717) is 0 Å². The number of amides is 1. The third kappa shape index (κ3) is 8.82. The van der Waals surface area contributed by atoms with Crippen molar-refractivity contribution in [2.45, 2.75) is 57.9 Å². The number of alkyl carbamates (subject to hydrolysis) is 1. The van der Waals surface area contributed by atoms with Crippen molar-refractivity contribution in [3.05, 3.63) is 71.8 Å². The molecule has 0 saturated heterocycles. The number of benzene rings is 2. The second kappa shape index (κ2) is 11.5. The van der Waals surface area contributed by atoms with Gasteiger partial charge in [0.1, 0.15) is 18.0 Å². The van der Waals surface area contributed by atoms with Gasteiger partial charge in [-0.25, -0.2) is 13.2 Å². The van der Waals surface area contributed by atoms with Crippen molar-refractivity contribution in [1.82, 2.24) is 5.32 Å². The van der Waals surface area contributed by atoms with Crippen LogP contribution in [0.2, 0.25) is 0 Å². The van der Waals surface area contributed by atoms with Crippen LogP contribution in [0.25, 0.3) is 0 Å². The van der Waals surface area contributed by atoms with Gasteiger partial charge in [0.25, 0.3) is 0 Å². The topological polar surface area (TPSA) is 98.8 Å². The summed E-state index contributed by atoms with van der Waals surface area (Å²) in [4.78, 5) is 25.0. The quantitative estimate of drug-likeness (QED) is 0.500. The molecule has 0 fully saturated rings. The largest absolute Gasteiger partial charge is 0.461 e. The molecule has 0 radical (unpaired) electrons. The average molecular weight is 490 g/mol. The maximum absolute atomic E-state index is 13.3. The lowest BCUT2D eigenvalue weighted by Crippen LogP contribution is -2.46. The fourth-order valence-corrected chi connectivity index (χ4v) is 4.59. The van der Waals surface area contributed by atoms with Gasteiger partial charge in [-0.3, -0.25) is 4.79 Å². The summed E-state index contributed by atoms with van der Waals surface area (Å²) in [5.74, 6) is -1.91. The van der Waals surface area contributed by atoms with Crippen molar-refractivity contribution < 1.29 is 27.5 Å². The maximum atomic E-state index is 13.3. The van der Waals surface area contributed by atoms with E-state index in [1.807, 2.05) is 60.7 Å². The van der Waals surface area contributed by atoms with Crippen molar-refractivity contribution in [1.29, 1.82) is 0 Å². The highest BCUT2D eigenvalue weighted by molar-refractivity contribution is 7.92. The van der Waals surface area contributed by atoms with Crippen LogP contribution in [-0.2, 0) is 37.1 Å². The van der Waals surface area contributed by atoms with Crippen LogP contribution in [0.1, 0.15) is 45.7 Å². The van der Waals surface area contributed by atoms with E-state index in [4.69, 9.17) is 9.47 Å². The van der Waals surface area contributed by atoms with Gasteiger partial charge >= 0.3 is 12.1 Å². The van der Waals surface area contributed by atoms with Crippen molar-refractivity contribution in [3.8, 4) is 0 Å². The molecule has 0 aliphatic rings. The number of ether oxygens (including phenoxy) is 2. The zero-order chi connectivity index (χ0) is 25.4. The molecule has 0 spiro atoms. The van der Waals surface area contributed by atoms with Crippen LogP contribution in [0.4, 0.5) is 4.79 Å². The van der Waals surface area contributed by atoms with Gasteiger partial charge in [0.2, 0.25) is 0 Å². The first kappa shape index (κ1) is 27.4. The lowest BCUT2D eigenvalue weighted by atomic mass is 10.0. The molecule has 1 N–H and O–H groups in total. The van der Waals surface area contributed by atoms with Crippen LogP contribution >= 0.6 is 0 Å². The molecular weight excluding hydrogens is 454 g/mol. The van der Waals surface area contributed by atoms with Crippen LogP contribution in [0.3, 0.4) is 0 Å². The van der Waals surface area contributed by atoms with Crippen LogP contribution in [0.15, 0.2) is 60.7 Å². The van der Waals surface area contributed by atoms with Crippen LogP contribution in [0, 0.1) is 5.92 Å². The Morgan fingerprint density at radius 2 is 1.38 bits per heavy atom. The van der Waals surface area contributed by atoms with E-state index in [0.717, 1.165) is 11.1 Å². The number of carbonyl (C=O) groups excluding carboxylic acids is 2. The van der Waals surface area contributed by atoms with Gasteiger partial charge in [-0.05, 0) is 52.2 Å². The Labute approximate surface area is 202 Å². The number of nitrogens with one attached hydrogen (secondary N) is 1. The van der Waals surface area contributed by atoms with Crippen LogP contribution in [-0.4, -0.2) is 43.1 Å². The summed E-state index contributed by atoms with van der Waals surface area (Å²) in [5.41, 5.74) is 1.14. The first-order valence-electron chi connectivity index (χ1n) is 11.2. The van der Waals surface area contributed by atoms with E-state index in [-0.39, 0.29) is 19.6 Å². The number of carbonyl (C=O) groups is 2. The van der Waals surface area contributed by atoms with Crippen molar-refractivity contribution in [2.75, 3.05) is 12.4 Å². The number of rotatable bonds is 10. The fourth-order valence-electron chi connectivity index (χ4n) is 3.12. The predicted octanol–water partition coefficient (Wildman–Crippen LogP) is 4.31. The summed E-state index contributed by atoms with van der Waals surface area (Å²) in [7, 11) is -3.85. The first-order valence-corrected chi connectivity index (χ1v) is 12.9. The van der Waals surface area contributed by atoms with Gasteiger partial charge in [0, 0.05) is 5.54 Å². The minimum absolute atomic E-state index is 0.0600. The summed E-state index contributed by atoms with van der Waals surface area (Å²) in [5, 5.41) is 2.64. The molecule has 2 aromatic rings. The highest BCUT2D eigenvalue weighted by Crippen LogP contribution is 2.24. The van der Waals surface area contributed by atoms with Gasteiger partial charge in [-0.1, -0.05) is 60.7 Å². The molecule has 1 unspecified atom stereocenters. The Balaban J connectivity index is 2.13. The summed E-state index contributed by atoms with van der Waals surface area (Å²) in [6.45, 7) is 8.09. The van der Waals surface area contributed by atoms with Crippen molar-refractivity contribution >= 4 is 21.9 Å². The number of sulfone groups is 1. The Hall–Kier alpha value is -2.87. The predicted molar refractivity (Wildman–Crippen MR) is 132 cm³/mol. The average Bonchev–Trinajstić information content (AvgIpc) is 2.76. The van der Waals surface area contributed by atoms with Crippen molar-refractivity contribution in [3.63, 3.8) is 0 Å². The number of hydrogen-bond donors (Lipinski definition) is 1. The standard InChI is InChI=1S/C26H35NO6S/c1-25(2,3)27-24(29)33-19-26(4,5)34(30,31)18-22(16-20-12-8-6-9-13-20)23(28)32-17-21-14-10-7-11-15-21/h6-15,22H,16-19H2,1-5H3,(H,27,29). The molecule has 1 atom stereocenters. The van der Waals surface area contributed by atoms with E-state index < -0.39 is 43.9 Å². The molecule has 186 valence electrons. The highest BCUT2D eigenvalue weighted by Gasteiger charge is 2.40. The number of hydrogen-bond acceptors (Lipinski definition) is 6. The monoisotopic (exact) mass is 489 g/mol. The Morgan fingerprint density at radius 1 is 0.853 bits per heavy atom. The first-order chi connectivity index (χ1) is 15.8. The minimum atomic E-state index is -3.85. The molecule has 1 amide bonds. The lowest BCUT2D eigenvalue weighted by Gasteiger charge is -2.28. The minimum Gasteiger partial charge on any atom is -0.461 e. The molecule has 0 aromatic heterocycles. The molecule has 0 saturated carbocycles. The molecule has 2 rings (SSSR count). The molecule has 2 aromatic carbocycles. The molecule has 0 aliphatic heterocycles. The van der Waals surface area contributed by atoms with Crippen molar-refractivity contribution in [2.24, 2.45) is 5.92 Å². The SMILES string of the molecule is CC(C)(C)NC(=O)OCC(C)(C)S(=O)(=O)CC(Cc1ccccc1)C(=O)OCc1ccccc1. The fraction of sp³-hybridized carbons (Fsp3) is 0.462. The summed E-state index contributed by atoms with van der Waals surface area (Å²) >= 11 is 0. The van der Waals surface area contributed by atoms with Gasteiger partial charge in [0.15, 0.2) is 9.84 Å². The molecule has 7 nitrogen and oxygen atoms in total. The number of esters is 1. The highest BCUT2D eigenvalue weighted by atomic mass is 32.2. The van der Waals surface area contributed by atoms with E-state index in [1.165, 1.54) is 13.8 Å². The molecule has 0 bridgehead atoms. The Kier molecular flexibility index (Phi) is 9.27. The van der Waals surface area contributed by atoms with E-state index in [1.54, 1.807) is 20.8 Å². The second-order valence-electron chi connectivity index (χ2n) is 9.97. The molecular formula is C26H35NO6S. The second-order valence-corrected chi connectivity index (χ2v) is 12.6. The zero-order valence-electron chi connectivity index (χ0n) is 20.5. The summed E-state index contributed by atoms with van der Waals surface area (Å²) < 4.78 is 35.9. The smallest absolute Gasteiger partial charge is 0.407 e. The zero-order valence-corrected chi connectivity index (χ0v) is 21.4. The van der Waals surface area contributed by atoms with Gasteiger partial charge < -0.3 is 14.8 Å². The normalized spacial score (nSPS) is 13.1. The molecule has 8 heteroatoms. The summed E-state index contributed by atoms with van der Waals surface area (Å²) in [6, 6.07) is 18.4. The summed E-state index contributed by atoms with van der Waals surface area (Å²) in [6.07, 6.45) is -0.478. The van der Waals surface area contributed by atoms with Crippen LogP contribution in [0.5, 0.6) is 0 Å². The molecule has 34 heavy (non-hydrogen) atoms. The lowest BCUT2D eigenvalue weighted by molar-refractivity contribution is -0.149. The van der Waals surface area contributed by atoms with Crippen LogP contribution < -0.4 is 5.32 Å². The molecule has 0 heterocycles. The maximum Gasteiger partial charge on any atom is 0.407 e. The van der Waals surface area contributed by atoms with Gasteiger partial charge in [0.05, 0.1) is 11.7 Å². The molecule has 0 aliphatic carbocycles. The Morgan fingerprint density at radius 3 is 1.91 bits per heavy atom.